The molecule has 1 aromatic rings. The van der Waals surface area contributed by atoms with E-state index >= 15 is 0 Å². The zero-order chi connectivity index (χ0) is 21.3. The molecular formula is C23H34N4O3. The zero-order valence-electron chi connectivity index (χ0n) is 18.2. The van der Waals surface area contributed by atoms with Crippen LogP contribution in [0.5, 0.6) is 0 Å². The Morgan fingerprint density at radius 3 is 2.47 bits per heavy atom. The Morgan fingerprint density at radius 2 is 1.77 bits per heavy atom. The van der Waals surface area contributed by atoms with Gasteiger partial charge >= 0.3 is 12.0 Å². The molecule has 0 spiro atoms. The van der Waals surface area contributed by atoms with Crippen molar-refractivity contribution < 1.29 is 14.7 Å². The highest BCUT2D eigenvalue weighted by molar-refractivity contribution is 5.94. The van der Waals surface area contributed by atoms with Crippen LogP contribution in [0.15, 0.2) is 18.2 Å². The molecule has 1 aromatic carbocycles. The van der Waals surface area contributed by atoms with Gasteiger partial charge in [0.15, 0.2) is 0 Å². The van der Waals surface area contributed by atoms with Crippen LogP contribution in [0.2, 0.25) is 0 Å². The third kappa shape index (κ3) is 4.47. The van der Waals surface area contributed by atoms with Crippen molar-refractivity contribution >= 4 is 17.7 Å². The van der Waals surface area contributed by atoms with E-state index in [0.717, 1.165) is 70.6 Å². The predicted molar refractivity (Wildman–Crippen MR) is 117 cm³/mol. The summed E-state index contributed by atoms with van der Waals surface area (Å²) in [6, 6.07) is 6.98. The van der Waals surface area contributed by atoms with Crippen molar-refractivity contribution in [3.8, 4) is 0 Å². The number of carbonyl (C=O) groups is 2. The number of carboxylic acid groups (broad SMARTS) is 1. The van der Waals surface area contributed by atoms with Gasteiger partial charge in [-0.25, -0.2) is 4.79 Å². The van der Waals surface area contributed by atoms with E-state index in [0.29, 0.717) is 0 Å². The van der Waals surface area contributed by atoms with Gasteiger partial charge in [-0.15, -0.1) is 0 Å². The summed E-state index contributed by atoms with van der Waals surface area (Å²) in [5.41, 5.74) is 3.82. The molecular weight excluding hydrogens is 380 g/mol. The summed E-state index contributed by atoms with van der Waals surface area (Å²) in [5, 5.41) is 9.03. The smallest absolute Gasteiger partial charge is 0.324 e. The van der Waals surface area contributed by atoms with Crippen LogP contribution in [-0.2, 0) is 17.6 Å². The monoisotopic (exact) mass is 414 g/mol. The van der Waals surface area contributed by atoms with Gasteiger partial charge in [-0.05, 0) is 62.9 Å². The van der Waals surface area contributed by atoms with Crippen molar-refractivity contribution in [2.75, 3.05) is 51.2 Å². The number of amides is 2. The number of carboxylic acids is 1. The molecule has 7 nitrogen and oxygen atoms in total. The Hall–Kier alpha value is -2.12. The minimum absolute atomic E-state index is 0.0489. The molecule has 3 aliphatic heterocycles. The van der Waals surface area contributed by atoms with Crippen LogP contribution in [0.25, 0.3) is 0 Å². The van der Waals surface area contributed by atoms with Gasteiger partial charge in [0.05, 0.1) is 6.42 Å². The number of benzene rings is 1. The molecule has 0 saturated carbocycles. The number of anilines is 1. The summed E-state index contributed by atoms with van der Waals surface area (Å²) in [4.78, 5) is 32.8. The van der Waals surface area contributed by atoms with Crippen molar-refractivity contribution in [2.45, 2.75) is 51.1 Å². The van der Waals surface area contributed by atoms with Gasteiger partial charge in [-0.2, -0.15) is 0 Å². The number of carbonyl (C=O) groups excluding carboxylic acids is 1. The predicted octanol–water partition coefficient (Wildman–Crippen LogP) is 2.29. The lowest BCUT2D eigenvalue weighted by Gasteiger charge is -2.38. The lowest BCUT2D eigenvalue weighted by atomic mass is 10.0. The van der Waals surface area contributed by atoms with Gasteiger partial charge in [0.25, 0.3) is 0 Å². The maximum Gasteiger partial charge on any atom is 0.324 e. The van der Waals surface area contributed by atoms with Gasteiger partial charge in [0.1, 0.15) is 0 Å². The second-order valence-corrected chi connectivity index (χ2v) is 9.10. The standard InChI is InChI=1S/C23H34N4O3/c1-17(15-22(28)29)25-11-7-20(8-12-25)26-13-14-27(23(26)30)21-4-3-18-5-9-24(2)10-6-19(18)16-21/h3-4,16-17,20H,5-15H2,1-2H3,(H,28,29). The maximum atomic E-state index is 13.2. The molecule has 0 aliphatic carbocycles. The van der Waals surface area contributed by atoms with Crippen molar-refractivity contribution in [2.24, 2.45) is 0 Å². The number of piperidine rings is 1. The lowest BCUT2D eigenvalue weighted by molar-refractivity contribution is -0.138. The molecule has 4 rings (SSSR count). The zero-order valence-corrected chi connectivity index (χ0v) is 18.2. The summed E-state index contributed by atoms with van der Waals surface area (Å²) in [7, 11) is 2.17. The summed E-state index contributed by atoms with van der Waals surface area (Å²) in [5.74, 6) is -0.748. The number of likely N-dealkylation sites (N-methyl/N-ethyl adjacent to an activating group) is 1. The second-order valence-electron chi connectivity index (χ2n) is 9.10. The van der Waals surface area contributed by atoms with Gasteiger partial charge < -0.3 is 14.9 Å². The number of rotatable bonds is 5. The SMILES string of the molecule is CC(CC(=O)O)N1CCC(N2CCN(c3ccc4c(c3)CCN(C)CC4)C2=O)CC1. The summed E-state index contributed by atoms with van der Waals surface area (Å²) < 4.78 is 0. The van der Waals surface area contributed by atoms with Crippen LogP contribution in [-0.4, -0.2) is 90.2 Å². The average molecular weight is 415 g/mol. The largest absolute Gasteiger partial charge is 0.481 e. The Labute approximate surface area is 179 Å². The third-order valence-electron chi connectivity index (χ3n) is 7.10. The Kier molecular flexibility index (Phi) is 6.29. The summed E-state index contributed by atoms with van der Waals surface area (Å²) in [6.45, 7) is 7.36. The lowest BCUT2D eigenvalue weighted by Crippen LogP contribution is -2.49. The molecule has 2 saturated heterocycles. The molecule has 0 radical (unpaired) electrons. The Balaban J connectivity index is 1.37. The summed E-state index contributed by atoms with van der Waals surface area (Å²) >= 11 is 0. The van der Waals surface area contributed by atoms with Crippen LogP contribution < -0.4 is 4.90 Å². The first-order valence-corrected chi connectivity index (χ1v) is 11.3. The maximum absolute atomic E-state index is 13.2. The number of fused-ring (bicyclic) bond motifs is 1. The normalized spacial score (nSPS) is 22.8. The van der Waals surface area contributed by atoms with Crippen LogP contribution in [0.3, 0.4) is 0 Å². The minimum atomic E-state index is -0.748. The van der Waals surface area contributed by atoms with Crippen LogP contribution in [0, 0.1) is 0 Å². The van der Waals surface area contributed by atoms with Crippen LogP contribution in [0.1, 0.15) is 37.3 Å². The van der Waals surface area contributed by atoms with E-state index in [-0.39, 0.29) is 24.5 Å². The van der Waals surface area contributed by atoms with E-state index in [1.165, 1.54) is 11.1 Å². The fourth-order valence-electron chi connectivity index (χ4n) is 5.14. The molecule has 164 valence electrons. The van der Waals surface area contributed by atoms with E-state index < -0.39 is 5.97 Å². The van der Waals surface area contributed by atoms with Crippen molar-refractivity contribution in [1.82, 2.24) is 14.7 Å². The molecule has 1 atom stereocenters. The first kappa shape index (κ1) is 21.1. The first-order chi connectivity index (χ1) is 14.4. The molecule has 1 N–H and O–H groups in total. The fourth-order valence-corrected chi connectivity index (χ4v) is 5.14. The number of nitrogens with zero attached hydrogens (tertiary/aromatic N) is 4. The molecule has 3 heterocycles. The first-order valence-electron chi connectivity index (χ1n) is 11.3. The van der Waals surface area contributed by atoms with Gasteiger partial charge in [0, 0.05) is 57.0 Å². The molecule has 1 unspecified atom stereocenters. The van der Waals surface area contributed by atoms with E-state index in [2.05, 4.69) is 35.0 Å². The van der Waals surface area contributed by atoms with E-state index in [9.17, 15) is 9.59 Å². The van der Waals surface area contributed by atoms with Crippen molar-refractivity contribution in [3.63, 3.8) is 0 Å². The fraction of sp³-hybridized carbons (Fsp3) is 0.652. The quantitative estimate of drug-likeness (QED) is 0.801. The van der Waals surface area contributed by atoms with Gasteiger partial charge in [-0.3, -0.25) is 14.6 Å². The average Bonchev–Trinajstić information content (AvgIpc) is 3.01. The minimum Gasteiger partial charge on any atom is -0.481 e. The van der Waals surface area contributed by atoms with E-state index in [4.69, 9.17) is 5.11 Å². The van der Waals surface area contributed by atoms with Crippen LogP contribution >= 0.6 is 0 Å². The molecule has 30 heavy (non-hydrogen) atoms. The Bertz CT molecular complexity index is 791. The molecule has 0 bridgehead atoms. The van der Waals surface area contributed by atoms with Gasteiger partial charge in [-0.1, -0.05) is 6.07 Å². The second kappa shape index (κ2) is 8.94. The van der Waals surface area contributed by atoms with E-state index in [1.807, 2.05) is 16.7 Å². The number of likely N-dealkylation sites (tertiary alicyclic amines) is 1. The van der Waals surface area contributed by atoms with Gasteiger partial charge in [0.2, 0.25) is 0 Å². The number of hydrogen-bond acceptors (Lipinski definition) is 4. The summed E-state index contributed by atoms with van der Waals surface area (Å²) in [6.07, 6.45) is 4.12. The Morgan fingerprint density at radius 1 is 1.07 bits per heavy atom. The number of hydrogen-bond donors (Lipinski definition) is 1. The highest BCUT2D eigenvalue weighted by atomic mass is 16.4. The molecule has 2 fully saturated rings. The number of aliphatic carboxylic acids is 1. The third-order valence-corrected chi connectivity index (χ3v) is 7.10. The molecule has 0 aromatic heterocycles. The van der Waals surface area contributed by atoms with Crippen molar-refractivity contribution in [3.05, 3.63) is 29.3 Å². The molecule has 7 heteroatoms. The van der Waals surface area contributed by atoms with E-state index in [1.54, 1.807) is 0 Å². The molecule has 2 amide bonds. The highest BCUT2D eigenvalue weighted by Crippen LogP contribution is 2.29. The highest BCUT2D eigenvalue weighted by Gasteiger charge is 2.36. The van der Waals surface area contributed by atoms with Crippen LogP contribution in [0.4, 0.5) is 10.5 Å². The van der Waals surface area contributed by atoms with Crippen molar-refractivity contribution in [1.29, 1.82) is 0 Å². The topological polar surface area (TPSA) is 67.3 Å². The molecule has 3 aliphatic rings. The number of urea groups is 1.